The van der Waals surface area contributed by atoms with Gasteiger partial charge in [0.1, 0.15) is 6.10 Å². The van der Waals surface area contributed by atoms with Gasteiger partial charge in [0.15, 0.2) is 5.78 Å². The summed E-state index contributed by atoms with van der Waals surface area (Å²) in [7, 11) is 0. The number of hydrogen-bond donors (Lipinski definition) is 1. The number of carbonyl (C=O) groups is 3. The van der Waals surface area contributed by atoms with E-state index in [9.17, 15) is 19.6 Å². The number of allylic oxidation sites excluding steroid dienone is 2. The highest BCUT2D eigenvalue weighted by Gasteiger charge is 2.70. The van der Waals surface area contributed by atoms with Crippen LogP contribution in [0, 0.1) is 50.2 Å². The molecule has 0 aromatic heterocycles. The van der Waals surface area contributed by atoms with Crippen molar-refractivity contribution in [2.24, 2.45) is 50.2 Å². The van der Waals surface area contributed by atoms with E-state index in [4.69, 9.17) is 4.74 Å². The van der Waals surface area contributed by atoms with E-state index in [1.165, 1.54) is 12.5 Å². The molecule has 1 amide bonds. The molecule has 0 aliphatic heterocycles. The van der Waals surface area contributed by atoms with Gasteiger partial charge in [-0.3, -0.25) is 19.6 Å². The lowest BCUT2D eigenvalue weighted by Crippen LogP contribution is -2.67. The zero-order valence-electron chi connectivity index (χ0n) is 27.4. The van der Waals surface area contributed by atoms with Gasteiger partial charge in [0.2, 0.25) is 0 Å². The Morgan fingerprint density at radius 1 is 0.951 bits per heavy atom. The van der Waals surface area contributed by atoms with E-state index < -0.39 is 5.41 Å². The van der Waals surface area contributed by atoms with Crippen LogP contribution in [0.2, 0.25) is 0 Å². The number of rotatable bonds is 3. The predicted molar refractivity (Wildman–Crippen MR) is 159 cm³/mol. The lowest BCUT2D eigenvalue weighted by molar-refractivity contribution is -0.211. The Hall–Kier alpha value is -1.69. The zero-order valence-corrected chi connectivity index (χ0v) is 27.4. The molecule has 4 fully saturated rings. The standard InChI is InChI=1S/C35H55NO5/c1-21(2)36(40)29(39)32(7)16-15-31(6)17-18-34(9)23(24(31)20-32)19-25(38)28-33(8)13-12-27(41-22(3)37)30(4,5)26(33)11-14-35(28,34)10/h19,21,24,26-28,40H,11-18,20H2,1-10H3/t24-,26?,27-,28+,31+,32-,33-,34+,35+/m0/s1. The number of nitrogens with zero attached hydrogens (tertiary/aromatic N) is 1. The smallest absolute Gasteiger partial charge is 0.302 e. The molecule has 0 aromatic rings. The first-order chi connectivity index (χ1) is 18.8. The summed E-state index contributed by atoms with van der Waals surface area (Å²) in [5.41, 5.74) is 0.0144. The Kier molecular flexibility index (Phi) is 7.05. The van der Waals surface area contributed by atoms with Crippen LogP contribution in [0.25, 0.3) is 0 Å². The fraction of sp³-hybridized carbons (Fsp3) is 0.857. The SMILES string of the molecule is CC(=O)O[C@H]1CC[C@@]2(C)C(CC[C@]3(C)[C@@H]2C(=O)C=C2[C@@H]4C[C@@](C)(C(=O)N(O)C(C)C)CC[C@]4(C)CC[C@]23C)C1(C)C. The van der Waals surface area contributed by atoms with E-state index >= 15 is 0 Å². The molecular formula is C35H55NO5. The number of ether oxygens (including phenoxy) is 1. The lowest BCUT2D eigenvalue weighted by Gasteiger charge is -2.70. The van der Waals surface area contributed by atoms with Crippen LogP contribution in [-0.2, 0) is 19.1 Å². The quantitative estimate of drug-likeness (QED) is 0.216. The van der Waals surface area contributed by atoms with Crippen LogP contribution in [-0.4, -0.2) is 40.1 Å². The molecule has 41 heavy (non-hydrogen) atoms. The van der Waals surface area contributed by atoms with Crippen LogP contribution >= 0.6 is 0 Å². The van der Waals surface area contributed by atoms with Crippen LogP contribution in [0.1, 0.15) is 127 Å². The molecule has 6 heteroatoms. The van der Waals surface area contributed by atoms with Crippen molar-refractivity contribution in [2.75, 3.05) is 0 Å². The van der Waals surface area contributed by atoms with Crippen LogP contribution in [0.5, 0.6) is 0 Å². The second-order valence-corrected chi connectivity index (χ2v) is 17.0. The zero-order chi connectivity index (χ0) is 30.6. The highest BCUT2D eigenvalue weighted by atomic mass is 16.5. The molecule has 0 spiro atoms. The lowest BCUT2D eigenvalue weighted by atomic mass is 9.33. The van der Waals surface area contributed by atoms with E-state index in [0.717, 1.165) is 56.4 Å². The van der Waals surface area contributed by atoms with Crippen molar-refractivity contribution in [1.29, 1.82) is 0 Å². The number of esters is 1. The highest BCUT2D eigenvalue weighted by molar-refractivity contribution is 5.95. The predicted octanol–water partition coefficient (Wildman–Crippen LogP) is 7.53. The Bertz CT molecular complexity index is 1170. The maximum atomic E-state index is 14.6. The third-order valence-corrected chi connectivity index (χ3v) is 14.0. The topological polar surface area (TPSA) is 83.9 Å². The second-order valence-electron chi connectivity index (χ2n) is 17.0. The first kappa shape index (κ1) is 30.8. The molecule has 0 radical (unpaired) electrons. The Labute approximate surface area is 248 Å². The number of hydroxylamine groups is 2. The van der Waals surface area contributed by atoms with Gasteiger partial charge in [0.05, 0.1) is 6.04 Å². The van der Waals surface area contributed by atoms with Gasteiger partial charge in [-0.15, -0.1) is 0 Å². The molecule has 0 aromatic carbocycles. The molecular weight excluding hydrogens is 514 g/mol. The Morgan fingerprint density at radius 3 is 2.20 bits per heavy atom. The molecule has 9 atom stereocenters. The molecule has 5 aliphatic carbocycles. The Morgan fingerprint density at radius 2 is 1.59 bits per heavy atom. The van der Waals surface area contributed by atoms with Gasteiger partial charge in [-0.2, -0.15) is 0 Å². The van der Waals surface area contributed by atoms with Crippen molar-refractivity contribution < 1.29 is 24.3 Å². The molecule has 5 aliphatic rings. The summed E-state index contributed by atoms with van der Waals surface area (Å²) < 4.78 is 5.85. The molecule has 0 saturated heterocycles. The van der Waals surface area contributed by atoms with E-state index in [1.54, 1.807) is 0 Å². The third-order valence-electron chi connectivity index (χ3n) is 14.0. The molecule has 0 heterocycles. The fourth-order valence-electron chi connectivity index (χ4n) is 11.3. The normalized spacial score (nSPS) is 46.8. The summed E-state index contributed by atoms with van der Waals surface area (Å²) in [5, 5.41) is 11.6. The van der Waals surface area contributed by atoms with E-state index in [2.05, 4.69) is 41.5 Å². The summed E-state index contributed by atoms with van der Waals surface area (Å²) in [6.07, 6.45) is 10.1. The van der Waals surface area contributed by atoms with Gasteiger partial charge in [0.25, 0.3) is 5.91 Å². The van der Waals surface area contributed by atoms with Gasteiger partial charge in [0, 0.05) is 23.7 Å². The highest BCUT2D eigenvalue weighted by Crippen LogP contribution is 2.75. The van der Waals surface area contributed by atoms with Crippen molar-refractivity contribution in [2.45, 2.75) is 139 Å². The number of ketones is 1. The third kappa shape index (κ3) is 4.15. The van der Waals surface area contributed by atoms with Crippen molar-refractivity contribution in [1.82, 2.24) is 5.06 Å². The van der Waals surface area contributed by atoms with Gasteiger partial charge >= 0.3 is 5.97 Å². The molecule has 0 bridgehead atoms. The Balaban J connectivity index is 1.55. The summed E-state index contributed by atoms with van der Waals surface area (Å²) in [5.74, 6) is 0.228. The summed E-state index contributed by atoms with van der Waals surface area (Å²) >= 11 is 0. The maximum Gasteiger partial charge on any atom is 0.302 e. The summed E-state index contributed by atoms with van der Waals surface area (Å²) in [6.45, 7) is 21.3. The van der Waals surface area contributed by atoms with Crippen LogP contribution < -0.4 is 0 Å². The first-order valence-corrected chi connectivity index (χ1v) is 16.2. The van der Waals surface area contributed by atoms with Gasteiger partial charge in [-0.05, 0) is 111 Å². The van der Waals surface area contributed by atoms with Crippen LogP contribution in [0.3, 0.4) is 0 Å². The van der Waals surface area contributed by atoms with Crippen molar-refractivity contribution >= 4 is 17.7 Å². The van der Waals surface area contributed by atoms with Crippen molar-refractivity contribution in [3.8, 4) is 0 Å². The number of fused-ring (bicyclic) bond motifs is 7. The fourth-order valence-corrected chi connectivity index (χ4v) is 11.3. The minimum Gasteiger partial charge on any atom is -0.462 e. The average Bonchev–Trinajstić information content (AvgIpc) is 2.87. The number of amides is 1. The molecule has 6 nitrogen and oxygen atoms in total. The van der Waals surface area contributed by atoms with E-state index in [-0.39, 0.29) is 68.7 Å². The van der Waals surface area contributed by atoms with Gasteiger partial charge in [-0.1, -0.05) is 54.0 Å². The van der Waals surface area contributed by atoms with E-state index in [1.807, 2.05) is 26.8 Å². The molecule has 230 valence electrons. The molecule has 4 saturated carbocycles. The minimum atomic E-state index is -0.647. The van der Waals surface area contributed by atoms with Crippen molar-refractivity contribution in [3.63, 3.8) is 0 Å². The maximum absolute atomic E-state index is 14.6. The monoisotopic (exact) mass is 569 g/mol. The van der Waals surface area contributed by atoms with Gasteiger partial charge < -0.3 is 4.74 Å². The minimum absolute atomic E-state index is 0.0535. The summed E-state index contributed by atoms with van der Waals surface area (Å²) in [6, 6.07) is -0.268. The first-order valence-electron chi connectivity index (χ1n) is 16.2. The van der Waals surface area contributed by atoms with Crippen LogP contribution in [0.4, 0.5) is 0 Å². The second kappa shape index (κ2) is 9.40. The average molecular weight is 570 g/mol. The van der Waals surface area contributed by atoms with E-state index in [0.29, 0.717) is 12.3 Å². The molecule has 5 rings (SSSR count). The largest absolute Gasteiger partial charge is 0.462 e. The number of carbonyl (C=O) groups excluding carboxylic acids is 3. The molecule has 1 N–H and O–H groups in total. The summed E-state index contributed by atoms with van der Waals surface area (Å²) in [4.78, 5) is 40.1. The molecule has 1 unspecified atom stereocenters. The van der Waals surface area contributed by atoms with Gasteiger partial charge in [-0.25, -0.2) is 5.06 Å². The van der Waals surface area contributed by atoms with Crippen LogP contribution in [0.15, 0.2) is 11.6 Å². The number of hydrogen-bond acceptors (Lipinski definition) is 5. The van der Waals surface area contributed by atoms with Crippen molar-refractivity contribution in [3.05, 3.63) is 11.6 Å².